The molecule has 1 amide bonds. The average Bonchev–Trinajstić information content (AvgIpc) is 2.78. The van der Waals surface area contributed by atoms with Gasteiger partial charge in [-0.2, -0.15) is 0 Å². The van der Waals surface area contributed by atoms with Crippen molar-refractivity contribution >= 4 is 11.6 Å². The topological polar surface area (TPSA) is 75.5 Å². The summed E-state index contributed by atoms with van der Waals surface area (Å²) in [5, 5.41) is 14.1. The van der Waals surface area contributed by atoms with Crippen molar-refractivity contribution in [1.82, 2.24) is 10.2 Å². The number of amides is 1. The standard InChI is InChI=1S/C15H19N3O3/c19-14-15(4-7-16-8-5-15)6-9-17(14)11-12-2-1-3-13(10-12)18(20)21/h1-3,10,16H,4-9,11H2. The molecule has 3 rings (SSSR count). The van der Waals surface area contributed by atoms with Gasteiger partial charge in [-0.15, -0.1) is 0 Å². The summed E-state index contributed by atoms with van der Waals surface area (Å²) in [7, 11) is 0. The quantitative estimate of drug-likeness (QED) is 0.679. The van der Waals surface area contributed by atoms with Gasteiger partial charge < -0.3 is 10.2 Å². The number of nitrogens with one attached hydrogen (secondary N) is 1. The maximum Gasteiger partial charge on any atom is 0.269 e. The first-order valence-electron chi connectivity index (χ1n) is 7.34. The molecule has 1 N–H and O–H groups in total. The molecule has 0 saturated carbocycles. The summed E-state index contributed by atoms with van der Waals surface area (Å²) in [6, 6.07) is 6.55. The Labute approximate surface area is 123 Å². The number of non-ortho nitro benzene ring substituents is 1. The van der Waals surface area contributed by atoms with Crippen LogP contribution in [0.2, 0.25) is 0 Å². The smallest absolute Gasteiger partial charge is 0.269 e. The maximum atomic E-state index is 12.7. The zero-order valence-electron chi connectivity index (χ0n) is 11.9. The summed E-state index contributed by atoms with van der Waals surface area (Å²) in [5.74, 6) is 0.218. The zero-order valence-corrected chi connectivity index (χ0v) is 11.9. The molecule has 1 spiro atoms. The summed E-state index contributed by atoms with van der Waals surface area (Å²) in [6.45, 7) is 3.02. The van der Waals surface area contributed by atoms with Crippen molar-refractivity contribution in [3.05, 3.63) is 39.9 Å². The van der Waals surface area contributed by atoms with Crippen LogP contribution in [0.3, 0.4) is 0 Å². The molecular weight excluding hydrogens is 270 g/mol. The third-order valence-electron chi connectivity index (χ3n) is 4.66. The number of rotatable bonds is 3. The van der Waals surface area contributed by atoms with Crippen molar-refractivity contribution in [3.63, 3.8) is 0 Å². The lowest BCUT2D eigenvalue weighted by molar-refractivity contribution is -0.384. The highest BCUT2D eigenvalue weighted by molar-refractivity contribution is 5.85. The molecule has 2 aliphatic rings. The molecule has 6 heteroatoms. The monoisotopic (exact) mass is 289 g/mol. The second kappa shape index (κ2) is 5.44. The Kier molecular flexibility index (Phi) is 3.63. The van der Waals surface area contributed by atoms with E-state index in [-0.39, 0.29) is 17.0 Å². The Balaban J connectivity index is 1.73. The van der Waals surface area contributed by atoms with Crippen molar-refractivity contribution in [2.24, 2.45) is 5.41 Å². The minimum Gasteiger partial charge on any atom is -0.338 e. The van der Waals surface area contributed by atoms with E-state index in [1.54, 1.807) is 12.1 Å². The van der Waals surface area contributed by atoms with Crippen LogP contribution in [0, 0.1) is 15.5 Å². The minimum absolute atomic E-state index is 0.0794. The molecule has 2 aliphatic heterocycles. The predicted octanol–water partition coefficient (Wildman–Crippen LogP) is 1.70. The number of nitro groups is 1. The highest BCUT2D eigenvalue weighted by Gasteiger charge is 2.46. The van der Waals surface area contributed by atoms with Gasteiger partial charge in [-0.25, -0.2) is 0 Å². The van der Waals surface area contributed by atoms with Gasteiger partial charge in [0, 0.05) is 25.2 Å². The number of hydrogen-bond acceptors (Lipinski definition) is 4. The second-order valence-electron chi connectivity index (χ2n) is 5.93. The Morgan fingerprint density at radius 3 is 2.76 bits per heavy atom. The lowest BCUT2D eigenvalue weighted by Crippen LogP contribution is -2.42. The van der Waals surface area contributed by atoms with Crippen molar-refractivity contribution in [3.8, 4) is 0 Å². The van der Waals surface area contributed by atoms with E-state index < -0.39 is 4.92 Å². The zero-order chi connectivity index (χ0) is 14.9. The number of nitro benzene ring substituents is 1. The Bertz CT molecular complexity index is 567. The van der Waals surface area contributed by atoms with Crippen LogP contribution in [0.15, 0.2) is 24.3 Å². The first-order chi connectivity index (χ1) is 10.1. The van der Waals surface area contributed by atoms with E-state index >= 15 is 0 Å². The van der Waals surface area contributed by atoms with Crippen LogP contribution in [0.5, 0.6) is 0 Å². The predicted molar refractivity (Wildman–Crippen MR) is 77.7 cm³/mol. The van der Waals surface area contributed by atoms with E-state index in [1.807, 2.05) is 11.0 Å². The highest BCUT2D eigenvalue weighted by Crippen LogP contribution is 2.40. The van der Waals surface area contributed by atoms with Gasteiger partial charge in [-0.05, 0) is 37.9 Å². The average molecular weight is 289 g/mol. The van der Waals surface area contributed by atoms with Crippen LogP contribution >= 0.6 is 0 Å². The van der Waals surface area contributed by atoms with Crippen LogP contribution in [-0.4, -0.2) is 35.4 Å². The highest BCUT2D eigenvalue weighted by atomic mass is 16.6. The summed E-state index contributed by atoms with van der Waals surface area (Å²) in [5.41, 5.74) is 0.714. The van der Waals surface area contributed by atoms with Gasteiger partial charge in [0.15, 0.2) is 0 Å². The first kappa shape index (κ1) is 14.0. The van der Waals surface area contributed by atoms with Crippen LogP contribution in [0.4, 0.5) is 5.69 Å². The molecule has 2 saturated heterocycles. The van der Waals surface area contributed by atoms with Gasteiger partial charge in [0.05, 0.1) is 10.3 Å². The Hall–Kier alpha value is -1.95. The molecule has 1 aromatic carbocycles. The van der Waals surface area contributed by atoms with E-state index in [9.17, 15) is 14.9 Å². The number of carbonyl (C=O) groups excluding carboxylic acids is 1. The lowest BCUT2D eigenvalue weighted by Gasteiger charge is -2.32. The molecular formula is C15H19N3O3. The first-order valence-corrected chi connectivity index (χ1v) is 7.34. The number of hydrogen-bond donors (Lipinski definition) is 1. The molecule has 0 aromatic heterocycles. The third-order valence-corrected chi connectivity index (χ3v) is 4.66. The van der Waals surface area contributed by atoms with Crippen molar-refractivity contribution in [2.75, 3.05) is 19.6 Å². The molecule has 6 nitrogen and oxygen atoms in total. The van der Waals surface area contributed by atoms with Crippen molar-refractivity contribution in [2.45, 2.75) is 25.8 Å². The fourth-order valence-corrected chi connectivity index (χ4v) is 3.40. The summed E-state index contributed by atoms with van der Waals surface area (Å²) in [6.07, 6.45) is 2.71. The Morgan fingerprint density at radius 2 is 2.05 bits per heavy atom. The van der Waals surface area contributed by atoms with Gasteiger partial charge in [0.1, 0.15) is 0 Å². The number of benzene rings is 1. The van der Waals surface area contributed by atoms with Crippen LogP contribution in [0.25, 0.3) is 0 Å². The molecule has 1 aromatic rings. The molecule has 2 heterocycles. The van der Waals surface area contributed by atoms with E-state index in [1.165, 1.54) is 6.07 Å². The number of likely N-dealkylation sites (tertiary alicyclic amines) is 1. The van der Waals surface area contributed by atoms with Crippen LogP contribution in [-0.2, 0) is 11.3 Å². The van der Waals surface area contributed by atoms with E-state index in [2.05, 4.69) is 5.32 Å². The normalized spacial score (nSPS) is 21.0. The molecule has 0 atom stereocenters. The molecule has 0 unspecified atom stereocenters. The molecule has 0 aliphatic carbocycles. The largest absolute Gasteiger partial charge is 0.338 e. The Morgan fingerprint density at radius 1 is 1.29 bits per heavy atom. The van der Waals surface area contributed by atoms with Crippen molar-refractivity contribution in [1.29, 1.82) is 0 Å². The number of carbonyl (C=O) groups is 1. The number of piperidine rings is 1. The van der Waals surface area contributed by atoms with E-state index in [0.717, 1.165) is 44.5 Å². The summed E-state index contributed by atoms with van der Waals surface area (Å²) in [4.78, 5) is 24.9. The maximum absolute atomic E-state index is 12.7. The van der Waals surface area contributed by atoms with Gasteiger partial charge in [0.25, 0.3) is 5.69 Å². The third kappa shape index (κ3) is 2.63. The number of nitrogens with zero attached hydrogens (tertiary/aromatic N) is 2. The van der Waals surface area contributed by atoms with Crippen molar-refractivity contribution < 1.29 is 9.72 Å². The summed E-state index contributed by atoms with van der Waals surface area (Å²) < 4.78 is 0. The summed E-state index contributed by atoms with van der Waals surface area (Å²) >= 11 is 0. The minimum atomic E-state index is -0.399. The fraction of sp³-hybridized carbons (Fsp3) is 0.533. The molecule has 21 heavy (non-hydrogen) atoms. The molecule has 0 bridgehead atoms. The SMILES string of the molecule is O=C1N(Cc2cccc([N+](=O)[O-])c2)CCC12CCNCC2. The van der Waals surface area contributed by atoms with Crippen LogP contribution < -0.4 is 5.32 Å². The van der Waals surface area contributed by atoms with E-state index in [0.29, 0.717) is 6.54 Å². The van der Waals surface area contributed by atoms with E-state index in [4.69, 9.17) is 0 Å². The van der Waals surface area contributed by atoms with Gasteiger partial charge >= 0.3 is 0 Å². The lowest BCUT2D eigenvalue weighted by atomic mass is 9.78. The van der Waals surface area contributed by atoms with Gasteiger partial charge in [0.2, 0.25) is 5.91 Å². The fourth-order valence-electron chi connectivity index (χ4n) is 3.40. The second-order valence-corrected chi connectivity index (χ2v) is 5.93. The molecule has 2 fully saturated rings. The molecule has 0 radical (unpaired) electrons. The van der Waals surface area contributed by atoms with Crippen LogP contribution in [0.1, 0.15) is 24.8 Å². The molecule has 112 valence electrons. The van der Waals surface area contributed by atoms with Gasteiger partial charge in [-0.3, -0.25) is 14.9 Å². The van der Waals surface area contributed by atoms with Gasteiger partial charge in [-0.1, -0.05) is 12.1 Å².